The number of carboxylic acids is 1. The third kappa shape index (κ3) is 4.71. The molecule has 9 nitrogen and oxygen atoms in total. The van der Waals surface area contributed by atoms with E-state index < -0.39 is 29.3 Å². The number of carbonyl (C=O) groups is 2. The van der Waals surface area contributed by atoms with Crippen molar-refractivity contribution in [3.8, 4) is 5.75 Å². The molecule has 0 aliphatic rings. The number of hydrogen-bond acceptors (Lipinski definition) is 6. The van der Waals surface area contributed by atoms with Crippen molar-refractivity contribution in [1.29, 1.82) is 0 Å². The van der Waals surface area contributed by atoms with Crippen molar-refractivity contribution in [2.45, 2.75) is 39.0 Å². The number of amides is 1. The molecule has 0 fully saturated rings. The Labute approximate surface area is 149 Å². The van der Waals surface area contributed by atoms with Gasteiger partial charge in [-0.25, -0.2) is 14.6 Å². The normalized spacial score (nSPS) is 12.5. The lowest BCUT2D eigenvalue weighted by Gasteiger charge is -2.22. The second-order valence-corrected chi connectivity index (χ2v) is 6.60. The van der Waals surface area contributed by atoms with E-state index in [4.69, 9.17) is 9.47 Å². The Morgan fingerprint density at radius 2 is 2.04 bits per heavy atom. The van der Waals surface area contributed by atoms with Crippen LogP contribution in [0.2, 0.25) is 0 Å². The van der Waals surface area contributed by atoms with Crippen molar-refractivity contribution in [1.82, 2.24) is 14.9 Å². The summed E-state index contributed by atoms with van der Waals surface area (Å²) in [5.74, 6) is -0.804. The molecule has 0 spiro atoms. The van der Waals surface area contributed by atoms with Gasteiger partial charge in [-0.05, 0) is 32.9 Å². The molecule has 2 aromatic rings. The molecule has 140 valence electrons. The van der Waals surface area contributed by atoms with Gasteiger partial charge in [-0.2, -0.15) is 0 Å². The van der Waals surface area contributed by atoms with E-state index in [9.17, 15) is 19.5 Å². The number of benzene rings is 1. The second kappa shape index (κ2) is 7.42. The van der Waals surface area contributed by atoms with Gasteiger partial charge in [-0.3, -0.25) is 4.79 Å². The molecule has 1 amide bonds. The number of carboxylic acid groups (broad SMARTS) is 1. The summed E-state index contributed by atoms with van der Waals surface area (Å²) in [7, 11) is 1.48. The van der Waals surface area contributed by atoms with Crippen molar-refractivity contribution in [3.05, 3.63) is 34.7 Å². The number of hydrogen-bond donors (Lipinski definition) is 2. The van der Waals surface area contributed by atoms with Crippen molar-refractivity contribution < 1.29 is 24.2 Å². The van der Waals surface area contributed by atoms with Gasteiger partial charge in [0.1, 0.15) is 17.4 Å². The molecule has 0 radical (unpaired) electrons. The highest BCUT2D eigenvalue weighted by Crippen LogP contribution is 2.18. The fourth-order valence-electron chi connectivity index (χ4n) is 2.27. The zero-order chi connectivity index (χ0) is 19.5. The minimum atomic E-state index is -1.36. The Kier molecular flexibility index (Phi) is 5.49. The van der Waals surface area contributed by atoms with E-state index in [1.165, 1.54) is 11.7 Å². The topological polar surface area (TPSA) is 120 Å². The van der Waals surface area contributed by atoms with E-state index in [1.54, 1.807) is 39.0 Å². The predicted octanol–water partition coefficient (Wildman–Crippen LogP) is 1.38. The molecule has 0 bridgehead atoms. The van der Waals surface area contributed by atoms with Crippen LogP contribution < -0.4 is 15.6 Å². The fraction of sp³-hybridized carbons (Fsp3) is 0.412. The Morgan fingerprint density at radius 3 is 2.62 bits per heavy atom. The molecule has 0 aliphatic carbocycles. The summed E-state index contributed by atoms with van der Waals surface area (Å²) < 4.78 is 11.4. The number of aliphatic carboxylic acids is 1. The van der Waals surface area contributed by atoms with Crippen LogP contribution in [0.1, 0.15) is 20.8 Å². The molecule has 0 saturated heterocycles. The quantitative estimate of drug-likeness (QED) is 0.823. The number of rotatable bonds is 5. The Balaban J connectivity index is 2.36. The van der Waals surface area contributed by atoms with E-state index in [0.29, 0.717) is 16.8 Å². The summed E-state index contributed by atoms with van der Waals surface area (Å²) in [5, 5.41) is 11.7. The number of nitrogens with one attached hydrogen (secondary N) is 1. The summed E-state index contributed by atoms with van der Waals surface area (Å²) in [6, 6.07) is 3.55. The molecule has 0 aliphatic heterocycles. The number of carbonyl (C=O) groups excluding carboxylic acids is 1. The van der Waals surface area contributed by atoms with E-state index in [1.807, 2.05) is 0 Å². The number of fused-ring (bicyclic) bond motifs is 1. The largest absolute Gasteiger partial charge is 0.497 e. The van der Waals surface area contributed by atoms with Gasteiger partial charge < -0.3 is 24.5 Å². The van der Waals surface area contributed by atoms with Gasteiger partial charge in [-0.15, -0.1) is 0 Å². The molecule has 2 N–H and O–H groups in total. The summed E-state index contributed by atoms with van der Waals surface area (Å²) in [6.07, 6.45) is 0.218. The minimum absolute atomic E-state index is 0.292. The molecular formula is C17H21N3O6. The lowest BCUT2D eigenvalue weighted by Crippen LogP contribution is -2.47. The van der Waals surface area contributed by atoms with E-state index >= 15 is 0 Å². The van der Waals surface area contributed by atoms with Crippen LogP contribution in [-0.4, -0.2) is 45.5 Å². The van der Waals surface area contributed by atoms with Crippen LogP contribution in [0.5, 0.6) is 5.75 Å². The maximum absolute atomic E-state index is 12.2. The number of aromatic nitrogens is 2. The molecule has 26 heavy (non-hydrogen) atoms. The Hall–Kier alpha value is -3.10. The van der Waals surface area contributed by atoms with Gasteiger partial charge in [0.25, 0.3) is 5.56 Å². The first-order valence-electron chi connectivity index (χ1n) is 7.86. The highest BCUT2D eigenvalue weighted by atomic mass is 16.6. The molecule has 1 aromatic carbocycles. The van der Waals surface area contributed by atoms with Crippen molar-refractivity contribution in [2.24, 2.45) is 0 Å². The Morgan fingerprint density at radius 1 is 1.35 bits per heavy atom. The molecule has 1 heterocycles. The van der Waals surface area contributed by atoms with Crippen molar-refractivity contribution >= 4 is 23.1 Å². The van der Waals surface area contributed by atoms with Crippen LogP contribution in [0.25, 0.3) is 11.0 Å². The highest BCUT2D eigenvalue weighted by molar-refractivity contribution is 5.81. The number of ether oxygens (including phenoxy) is 2. The summed E-state index contributed by atoms with van der Waals surface area (Å²) in [5.41, 5.74) is -0.385. The fourth-order valence-corrected chi connectivity index (χ4v) is 2.27. The van der Waals surface area contributed by atoms with E-state index in [0.717, 1.165) is 6.20 Å². The van der Waals surface area contributed by atoms with E-state index in [-0.39, 0.29) is 6.54 Å². The molecule has 2 rings (SSSR count). The van der Waals surface area contributed by atoms with Crippen molar-refractivity contribution in [3.63, 3.8) is 0 Å². The van der Waals surface area contributed by atoms with Crippen LogP contribution in [0, 0.1) is 0 Å². The third-order valence-corrected chi connectivity index (χ3v) is 3.41. The van der Waals surface area contributed by atoms with Crippen LogP contribution >= 0.6 is 0 Å². The molecule has 1 unspecified atom stereocenters. The molecule has 1 atom stereocenters. The lowest BCUT2D eigenvalue weighted by molar-refractivity contribution is -0.139. The maximum atomic E-state index is 12.2. The average molecular weight is 363 g/mol. The monoisotopic (exact) mass is 363 g/mol. The zero-order valence-electron chi connectivity index (χ0n) is 15.0. The van der Waals surface area contributed by atoms with Crippen LogP contribution in [0.4, 0.5) is 4.79 Å². The van der Waals surface area contributed by atoms with Crippen LogP contribution in [0.15, 0.2) is 29.2 Å². The minimum Gasteiger partial charge on any atom is -0.497 e. The molecular weight excluding hydrogens is 342 g/mol. The first-order chi connectivity index (χ1) is 12.1. The lowest BCUT2D eigenvalue weighted by atomic mass is 10.2. The van der Waals surface area contributed by atoms with Crippen LogP contribution in [0.3, 0.4) is 0 Å². The molecule has 9 heteroatoms. The average Bonchev–Trinajstić information content (AvgIpc) is 2.54. The van der Waals surface area contributed by atoms with Crippen LogP contribution in [-0.2, 0) is 16.1 Å². The SMILES string of the molecule is COc1ccc2ncc(=O)n(CC(NC(=O)OC(C)(C)C)C(=O)O)c2c1. The molecule has 0 saturated carbocycles. The number of alkyl carbamates (subject to hydrolysis) is 1. The van der Waals surface area contributed by atoms with Gasteiger partial charge in [0.05, 0.1) is 30.9 Å². The molecule has 1 aromatic heterocycles. The first kappa shape index (κ1) is 19.2. The Bertz CT molecular complexity index is 884. The maximum Gasteiger partial charge on any atom is 0.408 e. The van der Waals surface area contributed by atoms with Crippen molar-refractivity contribution in [2.75, 3.05) is 7.11 Å². The highest BCUT2D eigenvalue weighted by Gasteiger charge is 2.25. The summed E-state index contributed by atoms with van der Waals surface area (Å²) in [4.78, 5) is 39.7. The van der Waals surface area contributed by atoms with Gasteiger partial charge in [-0.1, -0.05) is 0 Å². The van der Waals surface area contributed by atoms with Gasteiger partial charge >= 0.3 is 12.1 Å². The zero-order valence-corrected chi connectivity index (χ0v) is 15.0. The summed E-state index contributed by atoms with van der Waals surface area (Å²) >= 11 is 0. The summed E-state index contributed by atoms with van der Waals surface area (Å²) in [6.45, 7) is 4.69. The number of methoxy groups -OCH3 is 1. The standard InChI is InChI=1S/C17H21N3O6/c1-17(2,3)26-16(24)19-12(15(22)23)9-20-13-7-10(25-4)5-6-11(13)18-8-14(20)21/h5-8,12H,9H2,1-4H3,(H,19,24)(H,22,23). The van der Waals surface area contributed by atoms with E-state index in [2.05, 4.69) is 10.3 Å². The van der Waals surface area contributed by atoms with Gasteiger partial charge in [0, 0.05) is 6.07 Å². The smallest absolute Gasteiger partial charge is 0.408 e. The van der Waals surface area contributed by atoms with Gasteiger partial charge in [0.15, 0.2) is 0 Å². The van der Waals surface area contributed by atoms with Gasteiger partial charge in [0.2, 0.25) is 0 Å². The third-order valence-electron chi connectivity index (χ3n) is 3.41. The first-order valence-corrected chi connectivity index (χ1v) is 7.86. The second-order valence-electron chi connectivity index (χ2n) is 6.60. The number of nitrogens with zero attached hydrogens (tertiary/aromatic N) is 2. The predicted molar refractivity (Wildman–Crippen MR) is 93.3 cm³/mol.